The molecule has 26 heavy (non-hydrogen) atoms. The minimum absolute atomic E-state index is 0.152. The summed E-state index contributed by atoms with van der Waals surface area (Å²) >= 11 is 1.79. The first-order valence-electron chi connectivity index (χ1n) is 9.60. The third-order valence-electron chi connectivity index (χ3n) is 6.09. The van der Waals surface area contributed by atoms with Gasteiger partial charge < -0.3 is 9.80 Å². The summed E-state index contributed by atoms with van der Waals surface area (Å²) in [6.45, 7) is 2.04. The molecule has 2 saturated heterocycles. The molecule has 3 aliphatic rings. The maximum absolute atomic E-state index is 14.1. The van der Waals surface area contributed by atoms with Crippen molar-refractivity contribution in [2.75, 3.05) is 25.4 Å². The van der Waals surface area contributed by atoms with Crippen LogP contribution >= 0.6 is 11.8 Å². The Hall–Kier alpha value is -1.56. The van der Waals surface area contributed by atoms with Crippen molar-refractivity contribution in [1.82, 2.24) is 9.80 Å². The van der Waals surface area contributed by atoms with Gasteiger partial charge in [-0.05, 0) is 37.8 Å². The van der Waals surface area contributed by atoms with Gasteiger partial charge in [0.2, 0.25) is 5.91 Å². The van der Waals surface area contributed by atoms with E-state index in [4.69, 9.17) is 0 Å². The number of likely N-dealkylation sites (tertiary alicyclic amines) is 1. The molecular formula is C20H25FN2O2S. The van der Waals surface area contributed by atoms with E-state index in [1.807, 2.05) is 9.80 Å². The number of amides is 2. The molecule has 0 N–H and O–H groups in total. The van der Waals surface area contributed by atoms with Crippen LogP contribution in [0.1, 0.15) is 48.9 Å². The van der Waals surface area contributed by atoms with Crippen molar-refractivity contribution in [1.29, 1.82) is 0 Å². The molecule has 3 fully saturated rings. The Morgan fingerprint density at radius 1 is 1.08 bits per heavy atom. The topological polar surface area (TPSA) is 40.6 Å². The van der Waals surface area contributed by atoms with Gasteiger partial charge in [0.15, 0.2) is 0 Å². The van der Waals surface area contributed by atoms with Crippen LogP contribution in [0.3, 0.4) is 0 Å². The largest absolute Gasteiger partial charge is 0.342 e. The van der Waals surface area contributed by atoms with Gasteiger partial charge in [-0.1, -0.05) is 25.0 Å². The summed E-state index contributed by atoms with van der Waals surface area (Å²) in [7, 11) is 0. The first kappa shape index (κ1) is 17.8. The second-order valence-electron chi connectivity index (χ2n) is 7.54. The van der Waals surface area contributed by atoms with E-state index in [0.717, 1.165) is 44.3 Å². The van der Waals surface area contributed by atoms with Crippen LogP contribution in [0, 0.1) is 11.7 Å². The van der Waals surface area contributed by atoms with Crippen LogP contribution in [0.2, 0.25) is 0 Å². The van der Waals surface area contributed by atoms with Gasteiger partial charge in [-0.3, -0.25) is 9.59 Å². The summed E-state index contributed by atoms with van der Waals surface area (Å²) in [5, 5.41) is 0. The van der Waals surface area contributed by atoms with Gasteiger partial charge in [-0.2, -0.15) is 0 Å². The highest BCUT2D eigenvalue weighted by Crippen LogP contribution is 2.45. The summed E-state index contributed by atoms with van der Waals surface area (Å²) in [5.41, 5.74) is 0.152. The van der Waals surface area contributed by atoms with Gasteiger partial charge in [-0.25, -0.2) is 4.39 Å². The second kappa shape index (κ2) is 7.22. The normalized spacial score (nSPS) is 23.0. The van der Waals surface area contributed by atoms with Crippen molar-refractivity contribution in [3.63, 3.8) is 0 Å². The molecule has 2 heterocycles. The fourth-order valence-corrected chi connectivity index (χ4v) is 6.05. The minimum atomic E-state index is -0.460. The Balaban J connectivity index is 1.46. The molecule has 0 aromatic heterocycles. The van der Waals surface area contributed by atoms with E-state index in [9.17, 15) is 14.0 Å². The third-order valence-corrected chi connectivity index (χ3v) is 7.64. The molecule has 4 nitrogen and oxygen atoms in total. The molecule has 4 rings (SSSR count). The maximum Gasteiger partial charge on any atom is 0.257 e. The summed E-state index contributed by atoms with van der Waals surface area (Å²) in [4.78, 5) is 29.2. The predicted molar refractivity (Wildman–Crippen MR) is 100 cm³/mol. The van der Waals surface area contributed by atoms with Crippen molar-refractivity contribution in [2.24, 2.45) is 5.92 Å². The van der Waals surface area contributed by atoms with E-state index in [1.54, 1.807) is 30.0 Å². The van der Waals surface area contributed by atoms with Crippen LogP contribution in [0.15, 0.2) is 24.3 Å². The van der Waals surface area contributed by atoms with Gasteiger partial charge in [0.25, 0.3) is 5.91 Å². The predicted octanol–water partition coefficient (Wildman–Crippen LogP) is 3.52. The fraction of sp³-hybridized carbons (Fsp3) is 0.600. The average molecular weight is 376 g/mol. The number of thioether (sulfide) groups is 1. The second-order valence-corrected chi connectivity index (χ2v) is 8.99. The zero-order chi connectivity index (χ0) is 18.1. The number of hydrogen-bond acceptors (Lipinski definition) is 3. The van der Waals surface area contributed by atoms with Crippen molar-refractivity contribution in [3.8, 4) is 0 Å². The van der Waals surface area contributed by atoms with E-state index >= 15 is 0 Å². The van der Waals surface area contributed by atoms with Gasteiger partial charge in [0.05, 0.1) is 10.4 Å². The van der Waals surface area contributed by atoms with Crippen LogP contribution in [-0.2, 0) is 4.79 Å². The molecule has 1 saturated carbocycles. The van der Waals surface area contributed by atoms with Gasteiger partial charge in [0.1, 0.15) is 5.82 Å². The summed E-state index contributed by atoms with van der Waals surface area (Å²) in [6.07, 6.45) is 5.91. The molecule has 140 valence electrons. The maximum atomic E-state index is 14.1. The van der Waals surface area contributed by atoms with Crippen molar-refractivity contribution < 1.29 is 14.0 Å². The van der Waals surface area contributed by atoms with Crippen molar-refractivity contribution >= 4 is 23.6 Å². The zero-order valence-electron chi connectivity index (χ0n) is 15.0. The summed E-state index contributed by atoms with van der Waals surface area (Å²) in [5.74, 6) is 0.697. The lowest BCUT2D eigenvalue weighted by Gasteiger charge is -2.44. The van der Waals surface area contributed by atoms with E-state index in [2.05, 4.69) is 0 Å². The molecule has 1 aromatic carbocycles. The quantitative estimate of drug-likeness (QED) is 0.793. The Kier molecular flexibility index (Phi) is 4.95. The van der Waals surface area contributed by atoms with Crippen molar-refractivity contribution in [2.45, 2.75) is 43.4 Å². The van der Waals surface area contributed by atoms with Crippen LogP contribution in [0.4, 0.5) is 4.39 Å². The van der Waals surface area contributed by atoms with Gasteiger partial charge >= 0.3 is 0 Å². The smallest absolute Gasteiger partial charge is 0.257 e. The van der Waals surface area contributed by atoms with Crippen LogP contribution in [0.25, 0.3) is 0 Å². The Bertz CT molecular complexity index is 697. The summed E-state index contributed by atoms with van der Waals surface area (Å²) in [6, 6.07) is 6.21. The first-order valence-corrected chi connectivity index (χ1v) is 10.6. The lowest BCUT2D eigenvalue weighted by atomic mass is 9.98. The Morgan fingerprint density at radius 2 is 1.77 bits per heavy atom. The zero-order valence-corrected chi connectivity index (χ0v) is 15.8. The molecule has 0 atom stereocenters. The number of carbonyl (C=O) groups excluding carboxylic acids is 2. The highest BCUT2D eigenvalue weighted by molar-refractivity contribution is 8.00. The third kappa shape index (κ3) is 3.13. The number of benzene rings is 1. The molecule has 1 spiro atoms. The SMILES string of the molecule is O=C(C1CCCC1)N1CCC2(CC1)SCCN2C(=O)c1ccccc1F. The van der Waals surface area contributed by atoms with E-state index in [1.165, 1.54) is 6.07 Å². The minimum Gasteiger partial charge on any atom is -0.342 e. The molecule has 2 amide bonds. The Labute approximate surface area is 158 Å². The summed E-state index contributed by atoms with van der Waals surface area (Å²) < 4.78 is 14.1. The fourth-order valence-electron chi connectivity index (χ4n) is 4.60. The monoisotopic (exact) mass is 376 g/mol. The first-order chi connectivity index (χ1) is 12.6. The molecule has 0 unspecified atom stereocenters. The van der Waals surface area contributed by atoms with Gasteiger partial charge in [0, 0.05) is 31.3 Å². The number of piperidine rings is 1. The number of halogens is 1. The molecule has 2 aliphatic heterocycles. The van der Waals surface area contributed by atoms with E-state index in [0.29, 0.717) is 25.5 Å². The van der Waals surface area contributed by atoms with E-state index in [-0.39, 0.29) is 22.3 Å². The van der Waals surface area contributed by atoms with Crippen molar-refractivity contribution in [3.05, 3.63) is 35.6 Å². The number of hydrogen-bond donors (Lipinski definition) is 0. The van der Waals surface area contributed by atoms with Crippen LogP contribution in [0.5, 0.6) is 0 Å². The number of rotatable bonds is 2. The van der Waals surface area contributed by atoms with Crippen LogP contribution in [-0.4, -0.2) is 51.9 Å². The average Bonchev–Trinajstić information content (AvgIpc) is 3.32. The standard InChI is InChI=1S/C20H25FN2O2S/c21-17-8-4-3-7-16(17)19(25)23-13-14-26-20(23)9-11-22(12-10-20)18(24)15-5-1-2-6-15/h3-4,7-8,15H,1-2,5-6,9-14H2. The Morgan fingerprint density at radius 3 is 2.46 bits per heavy atom. The highest BCUT2D eigenvalue weighted by atomic mass is 32.2. The van der Waals surface area contributed by atoms with Gasteiger partial charge in [-0.15, -0.1) is 11.8 Å². The van der Waals surface area contributed by atoms with Crippen LogP contribution < -0.4 is 0 Å². The molecular weight excluding hydrogens is 351 g/mol. The molecule has 1 aliphatic carbocycles. The molecule has 1 aromatic rings. The highest BCUT2D eigenvalue weighted by Gasteiger charge is 2.47. The number of nitrogens with zero attached hydrogens (tertiary/aromatic N) is 2. The lowest BCUT2D eigenvalue weighted by molar-refractivity contribution is -0.137. The lowest BCUT2D eigenvalue weighted by Crippen LogP contribution is -2.54. The molecule has 6 heteroatoms. The molecule has 0 bridgehead atoms. The van der Waals surface area contributed by atoms with E-state index < -0.39 is 5.82 Å². The molecule has 0 radical (unpaired) electrons. The number of carbonyl (C=O) groups is 2.